The van der Waals surface area contributed by atoms with Crippen LogP contribution in [0.4, 0.5) is 0 Å². The average molecular weight is 278 g/mol. The molecule has 1 aromatic carbocycles. The second kappa shape index (κ2) is 4.45. The van der Waals surface area contributed by atoms with E-state index in [0.717, 1.165) is 11.3 Å². The van der Waals surface area contributed by atoms with Crippen molar-refractivity contribution in [2.24, 2.45) is 0 Å². The van der Waals surface area contributed by atoms with Crippen molar-refractivity contribution < 1.29 is 9.52 Å². The first-order valence-electron chi connectivity index (χ1n) is 6.33. The van der Waals surface area contributed by atoms with E-state index in [9.17, 15) is 5.11 Å². The van der Waals surface area contributed by atoms with E-state index in [0.29, 0.717) is 17.0 Å². The fraction of sp³-hybridized carbons (Fsp3) is 0. The minimum atomic E-state index is 0.193. The van der Waals surface area contributed by atoms with Gasteiger partial charge in [0.1, 0.15) is 23.9 Å². The predicted octanol–water partition coefficient (Wildman–Crippen LogP) is 2.78. The average Bonchev–Trinajstić information content (AvgIpc) is 3.16. The van der Waals surface area contributed by atoms with Gasteiger partial charge in [0.2, 0.25) is 0 Å². The summed E-state index contributed by atoms with van der Waals surface area (Å²) in [6.07, 6.45) is 6.50. The molecule has 0 saturated heterocycles. The van der Waals surface area contributed by atoms with Crippen molar-refractivity contribution in [3.05, 3.63) is 55.4 Å². The Hall–Kier alpha value is -3.15. The summed E-state index contributed by atoms with van der Waals surface area (Å²) in [7, 11) is 0. The van der Waals surface area contributed by atoms with E-state index < -0.39 is 0 Å². The number of nitrogens with zero attached hydrogens (tertiary/aromatic N) is 4. The lowest BCUT2D eigenvalue weighted by molar-refractivity contribution is 0.475. The molecular weight excluding hydrogens is 268 g/mol. The Morgan fingerprint density at radius 3 is 2.90 bits per heavy atom. The van der Waals surface area contributed by atoms with E-state index in [1.54, 1.807) is 53.9 Å². The van der Waals surface area contributed by atoms with Crippen LogP contribution in [0.25, 0.3) is 28.2 Å². The van der Waals surface area contributed by atoms with Gasteiger partial charge < -0.3 is 9.52 Å². The molecule has 0 amide bonds. The standard InChI is InChI=1S/C15H10N4O2/c20-12-3-1-2-11(6-12)19-9-17-13-7-16-14(18-15(13)19)10-4-5-21-8-10/h1-9,20H. The number of hydrogen-bond donors (Lipinski definition) is 1. The van der Waals surface area contributed by atoms with E-state index in [1.165, 1.54) is 0 Å². The van der Waals surface area contributed by atoms with Gasteiger partial charge in [0.25, 0.3) is 0 Å². The van der Waals surface area contributed by atoms with Crippen molar-refractivity contribution in [3.8, 4) is 22.8 Å². The second-order valence-corrected chi connectivity index (χ2v) is 4.55. The number of furan rings is 1. The van der Waals surface area contributed by atoms with Crippen molar-refractivity contribution in [2.75, 3.05) is 0 Å². The van der Waals surface area contributed by atoms with Crippen LogP contribution in [0.2, 0.25) is 0 Å². The fourth-order valence-electron chi connectivity index (χ4n) is 2.17. The summed E-state index contributed by atoms with van der Waals surface area (Å²) in [6.45, 7) is 0. The highest BCUT2D eigenvalue weighted by Crippen LogP contribution is 2.22. The van der Waals surface area contributed by atoms with Crippen LogP contribution in [-0.2, 0) is 0 Å². The summed E-state index contributed by atoms with van der Waals surface area (Å²) in [4.78, 5) is 13.1. The zero-order chi connectivity index (χ0) is 14.2. The molecule has 0 fully saturated rings. The SMILES string of the molecule is Oc1cccc(-n2cnc3cnc(-c4ccoc4)nc32)c1. The first-order valence-corrected chi connectivity index (χ1v) is 6.33. The third-order valence-corrected chi connectivity index (χ3v) is 3.18. The Bertz CT molecular complexity index is 912. The molecule has 0 radical (unpaired) electrons. The van der Waals surface area contributed by atoms with Gasteiger partial charge in [-0.25, -0.2) is 15.0 Å². The Morgan fingerprint density at radius 2 is 2.10 bits per heavy atom. The molecule has 0 aliphatic rings. The molecule has 4 rings (SSSR count). The van der Waals surface area contributed by atoms with E-state index in [1.807, 2.05) is 6.07 Å². The van der Waals surface area contributed by atoms with Gasteiger partial charge in [0, 0.05) is 6.07 Å². The number of fused-ring (bicyclic) bond motifs is 1. The first-order chi connectivity index (χ1) is 10.3. The van der Waals surface area contributed by atoms with Crippen molar-refractivity contribution in [1.29, 1.82) is 0 Å². The number of aromatic nitrogens is 4. The maximum absolute atomic E-state index is 9.61. The molecule has 6 heteroatoms. The van der Waals surface area contributed by atoms with Crippen molar-refractivity contribution in [1.82, 2.24) is 19.5 Å². The maximum atomic E-state index is 9.61. The lowest BCUT2D eigenvalue weighted by atomic mass is 10.3. The lowest BCUT2D eigenvalue weighted by Crippen LogP contribution is -1.95. The van der Waals surface area contributed by atoms with Gasteiger partial charge in [0.15, 0.2) is 11.5 Å². The van der Waals surface area contributed by atoms with Gasteiger partial charge in [-0.3, -0.25) is 4.57 Å². The number of phenolic OH excluding ortho intramolecular Hbond substituents is 1. The molecule has 0 saturated carbocycles. The minimum absolute atomic E-state index is 0.193. The van der Waals surface area contributed by atoms with Crippen molar-refractivity contribution >= 4 is 11.2 Å². The second-order valence-electron chi connectivity index (χ2n) is 4.55. The van der Waals surface area contributed by atoms with Crippen LogP contribution in [0.1, 0.15) is 0 Å². The minimum Gasteiger partial charge on any atom is -0.508 e. The van der Waals surface area contributed by atoms with Crippen LogP contribution in [0, 0.1) is 0 Å². The van der Waals surface area contributed by atoms with Gasteiger partial charge in [-0.2, -0.15) is 0 Å². The van der Waals surface area contributed by atoms with Crippen LogP contribution < -0.4 is 0 Å². The zero-order valence-corrected chi connectivity index (χ0v) is 10.8. The molecule has 1 N–H and O–H groups in total. The molecular formula is C15H10N4O2. The third kappa shape index (κ3) is 1.93. The normalized spacial score (nSPS) is 11.0. The van der Waals surface area contributed by atoms with Crippen LogP contribution in [0.3, 0.4) is 0 Å². The Balaban J connectivity index is 1.92. The molecule has 3 heterocycles. The molecule has 3 aromatic heterocycles. The number of benzene rings is 1. The molecule has 102 valence electrons. The number of phenols is 1. The summed E-state index contributed by atoms with van der Waals surface area (Å²) in [5.74, 6) is 0.761. The van der Waals surface area contributed by atoms with E-state index >= 15 is 0 Å². The number of hydrogen-bond acceptors (Lipinski definition) is 5. The Morgan fingerprint density at radius 1 is 1.14 bits per heavy atom. The highest BCUT2D eigenvalue weighted by Gasteiger charge is 2.10. The summed E-state index contributed by atoms with van der Waals surface area (Å²) < 4.78 is 6.86. The van der Waals surface area contributed by atoms with Crippen LogP contribution in [-0.4, -0.2) is 24.6 Å². The topological polar surface area (TPSA) is 77.0 Å². The van der Waals surface area contributed by atoms with Gasteiger partial charge in [-0.05, 0) is 18.2 Å². The summed E-state index contributed by atoms with van der Waals surface area (Å²) >= 11 is 0. The highest BCUT2D eigenvalue weighted by molar-refractivity contribution is 5.74. The molecule has 0 bridgehead atoms. The summed E-state index contributed by atoms with van der Waals surface area (Å²) in [6, 6.07) is 8.72. The highest BCUT2D eigenvalue weighted by atomic mass is 16.3. The molecule has 6 nitrogen and oxygen atoms in total. The fourth-order valence-corrected chi connectivity index (χ4v) is 2.17. The Kier molecular flexibility index (Phi) is 2.47. The summed E-state index contributed by atoms with van der Waals surface area (Å²) in [5.41, 5.74) is 2.95. The number of rotatable bonds is 2. The molecule has 0 spiro atoms. The van der Waals surface area contributed by atoms with Crippen LogP contribution in [0.15, 0.2) is 59.8 Å². The molecule has 0 unspecified atom stereocenters. The van der Waals surface area contributed by atoms with Crippen LogP contribution >= 0.6 is 0 Å². The van der Waals surface area contributed by atoms with Gasteiger partial charge in [-0.1, -0.05) is 6.07 Å². The van der Waals surface area contributed by atoms with E-state index in [2.05, 4.69) is 15.0 Å². The molecule has 21 heavy (non-hydrogen) atoms. The van der Waals surface area contributed by atoms with Crippen molar-refractivity contribution in [3.63, 3.8) is 0 Å². The number of imidazole rings is 1. The van der Waals surface area contributed by atoms with Crippen LogP contribution in [0.5, 0.6) is 5.75 Å². The van der Waals surface area contributed by atoms with E-state index in [4.69, 9.17) is 4.42 Å². The smallest absolute Gasteiger partial charge is 0.168 e. The molecule has 0 atom stereocenters. The van der Waals surface area contributed by atoms with Gasteiger partial charge >= 0.3 is 0 Å². The maximum Gasteiger partial charge on any atom is 0.168 e. The largest absolute Gasteiger partial charge is 0.508 e. The molecule has 0 aliphatic heterocycles. The van der Waals surface area contributed by atoms with Gasteiger partial charge in [0.05, 0.1) is 23.7 Å². The predicted molar refractivity (Wildman–Crippen MR) is 76.0 cm³/mol. The first kappa shape index (κ1) is 11.7. The lowest BCUT2D eigenvalue weighted by Gasteiger charge is -2.04. The quantitative estimate of drug-likeness (QED) is 0.610. The number of aromatic hydroxyl groups is 1. The zero-order valence-electron chi connectivity index (χ0n) is 10.8. The Labute approximate surface area is 119 Å². The monoisotopic (exact) mass is 278 g/mol. The molecule has 4 aromatic rings. The summed E-state index contributed by atoms with van der Waals surface area (Å²) in [5, 5.41) is 9.61. The molecule has 0 aliphatic carbocycles. The van der Waals surface area contributed by atoms with E-state index in [-0.39, 0.29) is 5.75 Å². The van der Waals surface area contributed by atoms with Crippen molar-refractivity contribution in [2.45, 2.75) is 0 Å². The third-order valence-electron chi connectivity index (χ3n) is 3.18. The van der Waals surface area contributed by atoms with Gasteiger partial charge in [-0.15, -0.1) is 0 Å².